The van der Waals surface area contributed by atoms with Crippen LogP contribution < -0.4 is 0 Å². The molecular weight excluding hydrogens is 198 g/mol. The summed E-state index contributed by atoms with van der Waals surface area (Å²) in [7, 11) is 0. The molecule has 3 heteroatoms. The average molecular weight is 206 g/mol. The van der Waals surface area contributed by atoms with Crippen LogP contribution in [0.4, 0.5) is 8.78 Å². The Labute approximate surface area is 85.6 Å². The van der Waals surface area contributed by atoms with Gasteiger partial charge in [0.2, 0.25) is 0 Å². The quantitative estimate of drug-likeness (QED) is 0.758. The van der Waals surface area contributed by atoms with E-state index in [1.165, 1.54) is 24.3 Å². The van der Waals surface area contributed by atoms with Crippen LogP contribution in [0.2, 0.25) is 0 Å². The molecule has 0 radical (unpaired) electrons. The van der Waals surface area contributed by atoms with Gasteiger partial charge in [-0.25, -0.2) is 8.78 Å². The van der Waals surface area contributed by atoms with Crippen LogP contribution >= 0.6 is 0 Å². The van der Waals surface area contributed by atoms with E-state index in [-0.39, 0.29) is 5.82 Å². The SMILES string of the molecule is Oc1cc(-c2cccc(F)c2)ccc1F. The van der Waals surface area contributed by atoms with Crippen LogP contribution in [-0.2, 0) is 0 Å². The third kappa shape index (κ3) is 1.96. The second kappa shape index (κ2) is 3.69. The summed E-state index contributed by atoms with van der Waals surface area (Å²) in [6, 6.07) is 9.81. The molecule has 0 heterocycles. The Hall–Kier alpha value is -1.90. The molecular formula is C12H8F2O. The van der Waals surface area contributed by atoms with Gasteiger partial charge in [0.15, 0.2) is 11.6 Å². The summed E-state index contributed by atoms with van der Waals surface area (Å²) in [6.07, 6.45) is 0. The van der Waals surface area contributed by atoms with Gasteiger partial charge in [-0.1, -0.05) is 18.2 Å². The lowest BCUT2D eigenvalue weighted by atomic mass is 10.1. The molecule has 1 N–H and O–H groups in total. The van der Waals surface area contributed by atoms with Gasteiger partial charge in [-0.15, -0.1) is 0 Å². The molecule has 0 bridgehead atoms. The number of aromatic hydroxyl groups is 1. The Bertz CT molecular complexity index is 495. The molecule has 15 heavy (non-hydrogen) atoms. The summed E-state index contributed by atoms with van der Waals surface area (Å²) in [6.45, 7) is 0. The van der Waals surface area contributed by atoms with E-state index < -0.39 is 11.6 Å². The number of rotatable bonds is 1. The van der Waals surface area contributed by atoms with Crippen molar-refractivity contribution in [3.8, 4) is 16.9 Å². The summed E-state index contributed by atoms with van der Waals surface area (Å²) in [5.74, 6) is -1.48. The van der Waals surface area contributed by atoms with E-state index in [0.29, 0.717) is 11.1 Å². The zero-order valence-corrected chi connectivity index (χ0v) is 7.74. The van der Waals surface area contributed by atoms with E-state index >= 15 is 0 Å². The predicted octanol–water partition coefficient (Wildman–Crippen LogP) is 3.34. The van der Waals surface area contributed by atoms with Gasteiger partial charge in [0.05, 0.1) is 0 Å². The third-order valence-corrected chi connectivity index (χ3v) is 2.10. The highest BCUT2D eigenvalue weighted by atomic mass is 19.1. The molecule has 0 aliphatic heterocycles. The van der Waals surface area contributed by atoms with Gasteiger partial charge in [-0.3, -0.25) is 0 Å². The molecule has 2 aromatic rings. The van der Waals surface area contributed by atoms with Crippen LogP contribution in [0.25, 0.3) is 11.1 Å². The van der Waals surface area contributed by atoms with Crippen molar-refractivity contribution in [2.75, 3.05) is 0 Å². The second-order valence-electron chi connectivity index (χ2n) is 3.18. The fourth-order valence-electron chi connectivity index (χ4n) is 1.36. The molecule has 0 unspecified atom stereocenters. The third-order valence-electron chi connectivity index (χ3n) is 2.10. The molecule has 2 aromatic carbocycles. The van der Waals surface area contributed by atoms with Crippen molar-refractivity contribution >= 4 is 0 Å². The van der Waals surface area contributed by atoms with Crippen molar-refractivity contribution in [2.24, 2.45) is 0 Å². The highest BCUT2D eigenvalue weighted by Crippen LogP contribution is 2.25. The van der Waals surface area contributed by atoms with Gasteiger partial charge in [-0.05, 0) is 35.4 Å². The molecule has 76 valence electrons. The summed E-state index contributed by atoms with van der Waals surface area (Å²) in [5, 5.41) is 9.16. The Morgan fingerprint density at radius 3 is 2.27 bits per heavy atom. The van der Waals surface area contributed by atoms with Gasteiger partial charge >= 0.3 is 0 Å². The fraction of sp³-hybridized carbons (Fsp3) is 0. The van der Waals surface area contributed by atoms with Crippen molar-refractivity contribution < 1.29 is 13.9 Å². The Morgan fingerprint density at radius 1 is 0.867 bits per heavy atom. The highest BCUT2D eigenvalue weighted by Gasteiger charge is 2.03. The summed E-state index contributed by atoms with van der Waals surface area (Å²) < 4.78 is 25.7. The molecule has 0 atom stereocenters. The van der Waals surface area contributed by atoms with Gasteiger partial charge in [-0.2, -0.15) is 0 Å². The van der Waals surface area contributed by atoms with Crippen molar-refractivity contribution in [3.63, 3.8) is 0 Å². The van der Waals surface area contributed by atoms with Crippen LogP contribution in [0.15, 0.2) is 42.5 Å². The fourth-order valence-corrected chi connectivity index (χ4v) is 1.36. The summed E-state index contributed by atoms with van der Waals surface area (Å²) >= 11 is 0. The van der Waals surface area contributed by atoms with Crippen LogP contribution in [0, 0.1) is 11.6 Å². The molecule has 0 spiro atoms. The van der Waals surface area contributed by atoms with Crippen LogP contribution in [0.5, 0.6) is 5.75 Å². The maximum Gasteiger partial charge on any atom is 0.164 e. The summed E-state index contributed by atoms with van der Waals surface area (Å²) in [5.41, 5.74) is 1.18. The topological polar surface area (TPSA) is 20.2 Å². The first-order valence-corrected chi connectivity index (χ1v) is 4.41. The number of phenolic OH excluding ortho intramolecular Hbond substituents is 1. The van der Waals surface area contributed by atoms with Crippen LogP contribution in [0.1, 0.15) is 0 Å². The Kier molecular flexibility index (Phi) is 2.37. The molecule has 0 aliphatic rings. The van der Waals surface area contributed by atoms with Crippen molar-refractivity contribution in [1.29, 1.82) is 0 Å². The van der Waals surface area contributed by atoms with E-state index in [1.54, 1.807) is 12.1 Å². The number of hydrogen-bond donors (Lipinski definition) is 1. The van der Waals surface area contributed by atoms with Gasteiger partial charge in [0, 0.05) is 0 Å². The van der Waals surface area contributed by atoms with Crippen molar-refractivity contribution in [3.05, 3.63) is 54.1 Å². The first-order chi connectivity index (χ1) is 7.16. The summed E-state index contributed by atoms with van der Waals surface area (Å²) in [4.78, 5) is 0. The molecule has 0 aliphatic carbocycles. The number of phenols is 1. The van der Waals surface area contributed by atoms with Gasteiger partial charge in [0.1, 0.15) is 5.82 Å². The zero-order chi connectivity index (χ0) is 10.8. The van der Waals surface area contributed by atoms with E-state index in [2.05, 4.69) is 0 Å². The van der Waals surface area contributed by atoms with Gasteiger partial charge in [0.25, 0.3) is 0 Å². The van der Waals surface area contributed by atoms with Crippen molar-refractivity contribution in [1.82, 2.24) is 0 Å². The molecule has 0 saturated carbocycles. The largest absolute Gasteiger partial charge is 0.505 e. The first kappa shape index (κ1) is 9.65. The smallest absolute Gasteiger partial charge is 0.164 e. The molecule has 0 fully saturated rings. The lowest BCUT2D eigenvalue weighted by molar-refractivity contribution is 0.433. The lowest BCUT2D eigenvalue weighted by Gasteiger charge is -2.02. The first-order valence-electron chi connectivity index (χ1n) is 4.41. The van der Waals surface area contributed by atoms with Crippen molar-refractivity contribution in [2.45, 2.75) is 0 Å². The van der Waals surface area contributed by atoms with Crippen LogP contribution in [0.3, 0.4) is 0 Å². The maximum absolute atomic E-state index is 12.9. The maximum atomic E-state index is 12.9. The Morgan fingerprint density at radius 2 is 1.60 bits per heavy atom. The molecule has 0 aromatic heterocycles. The molecule has 0 saturated heterocycles. The highest BCUT2D eigenvalue weighted by molar-refractivity contribution is 5.65. The molecule has 0 amide bonds. The second-order valence-corrected chi connectivity index (χ2v) is 3.18. The minimum Gasteiger partial charge on any atom is -0.505 e. The zero-order valence-electron chi connectivity index (χ0n) is 7.74. The van der Waals surface area contributed by atoms with E-state index in [1.807, 2.05) is 0 Å². The van der Waals surface area contributed by atoms with Crippen LogP contribution in [-0.4, -0.2) is 5.11 Å². The van der Waals surface area contributed by atoms with E-state index in [0.717, 1.165) is 6.07 Å². The number of hydrogen-bond acceptors (Lipinski definition) is 1. The molecule has 2 rings (SSSR count). The lowest BCUT2D eigenvalue weighted by Crippen LogP contribution is -1.82. The standard InChI is InChI=1S/C12H8F2O/c13-10-3-1-2-8(6-10)9-4-5-11(14)12(15)7-9/h1-7,15H. The minimum atomic E-state index is -0.685. The Balaban J connectivity index is 2.50. The minimum absolute atomic E-state index is 0.365. The van der Waals surface area contributed by atoms with Gasteiger partial charge < -0.3 is 5.11 Å². The van der Waals surface area contributed by atoms with E-state index in [4.69, 9.17) is 5.11 Å². The normalized spacial score (nSPS) is 10.3. The van der Waals surface area contributed by atoms with E-state index in [9.17, 15) is 8.78 Å². The number of halogens is 2. The predicted molar refractivity (Wildman–Crippen MR) is 53.5 cm³/mol. The molecule has 1 nitrogen and oxygen atoms in total. The number of benzene rings is 2. The monoisotopic (exact) mass is 206 g/mol. The average Bonchev–Trinajstić information content (AvgIpc) is 2.22.